The Morgan fingerprint density at radius 1 is 1.50 bits per heavy atom. The highest BCUT2D eigenvalue weighted by Crippen LogP contribution is 2.39. The molecule has 1 N–H and O–H groups in total. The zero-order valence-corrected chi connectivity index (χ0v) is 11.2. The standard InChI is InChI=1S/C12H16ClN3O2/c1-12(2)8-14-6-7-15(12)11-9(13)4-3-5-10(11)16(17)18/h3-5,14H,6-8H2,1-2H3. The summed E-state index contributed by atoms with van der Waals surface area (Å²) in [6, 6.07) is 4.81. The third-order valence-electron chi connectivity index (χ3n) is 3.23. The number of rotatable bonds is 2. The van der Waals surface area contributed by atoms with Gasteiger partial charge < -0.3 is 10.2 Å². The third kappa shape index (κ3) is 2.28. The zero-order valence-electron chi connectivity index (χ0n) is 10.4. The van der Waals surface area contributed by atoms with E-state index in [2.05, 4.69) is 5.32 Å². The summed E-state index contributed by atoms with van der Waals surface area (Å²) >= 11 is 6.17. The Labute approximate surface area is 111 Å². The Balaban J connectivity index is 2.52. The molecule has 1 fully saturated rings. The minimum absolute atomic E-state index is 0.0671. The molecule has 0 unspecified atom stereocenters. The van der Waals surface area contributed by atoms with Crippen molar-refractivity contribution in [2.24, 2.45) is 0 Å². The van der Waals surface area contributed by atoms with E-state index in [4.69, 9.17) is 11.6 Å². The summed E-state index contributed by atoms with van der Waals surface area (Å²) in [6.45, 7) is 6.37. The molecule has 1 aromatic rings. The monoisotopic (exact) mass is 269 g/mol. The van der Waals surface area contributed by atoms with Gasteiger partial charge in [-0.2, -0.15) is 0 Å². The number of nitrogens with zero attached hydrogens (tertiary/aromatic N) is 2. The number of nitrogens with one attached hydrogen (secondary N) is 1. The molecular weight excluding hydrogens is 254 g/mol. The van der Waals surface area contributed by atoms with Crippen molar-refractivity contribution in [3.63, 3.8) is 0 Å². The summed E-state index contributed by atoms with van der Waals surface area (Å²) in [5, 5.41) is 14.9. The van der Waals surface area contributed by atoms with Gasteiger partial charge in [-0.25, -0.2) is 0 Å². The van der Waals surface area contributed by atoms with Crippen LogP contribution in [0.3, 0.4) is 0 Å². The predicted molar refractivity (Wildman–Crippen MR) is 72.4 cm³/mol. The summed E-state index contributed by atoms with van der Waals surface area (Å²) in [6.07, 6.45) is 0. The summed E-state index contributed by atoms with van der Waals surface area (Å²) in [7, 11) is 0. The van der Waals surface area contributed by atoms with E-state index in [9.17, 15) is 10.1 Å². The van der Waals surface area contributed by atoms with Gasteiger partial charge in [0.05, 0.1) is 9.95 Å². The first kappa shape index (κ1) is 13.1. The highest BCUT2D eigenvalue weighted by atomic mass is 35.5. The van der Waals surface area contributed by atoms with Crippen LogP contribution in [0.2, 0.25) is 5.02 Å². The Hall–Kier alpha value is -1.33. The molecule has 1 aliphatic heterocycles. The first-order chi connectivity index (χ1) is 8.43. The topological polar surface area (TPSA) is 58.4 Å². The molecule has 0 radical (unpaired) electrons. The van der Waals surface area contributed by atoms with E-state index in [1.165, 1.54) is 6.07 Å². The molecular formula is C12H16ClN3O2. The third-order valence-corrected chi connectivity index (χ3v) is 3.54. The van der Waals surface area contributed by atoms with Gasteiger partial charge >= 0.3 is 0 Å². The molecule has 1 aromatic carbocycles. The number of hydrogen-bond donors (Lipinski definition) is 1. The fourth-order valence-electron chi connectivity index (χ4n) is 2.32. The van der Waals surface area contributed by atoms with Crippen molar-refractivity contribution in [2.45, 2.75) is 19.4 Å². The van der Waals surface area contributed by atoms with Gasteiger partial charge in [-0.05, 0) is 19.9 Å². The maximum absolute atomic E-state index is 11.1. The predicted octanol–water partition coefficient (Wildman–Crippen LogP) is 2.44. The second kappa shape index (κ2) is 4.74. The van der Waals surface area contributed by atoms with Gasteiger partial charge in [0.2, 0.25) is 0 Å². The minimum Gasteiger partial charge on any atom is -0.357 e. The average molecular weight is 270 g/mol. The number of benzene rings is 1. The van der Waals surface area contributed by atoms with Crippen LogP contribution in [0.5, 0.6) is 0 Å². The summed E-state index contributed by atoms with van der Waals surface area (Å²) < 4.78 is 0. The average Bonchev–Trinajstić information content (AvgIpc) is 2.29. The lowest BCUT2D eigenvalue weighted by molar-refractivity contribution is -0.384. The second-order valence-electron chi connectivity index (χ2n) is 5.01. The van der Waals surface area contributed by atoms with Crippen LogP contribution in [0.4, 0.5) is 11.4 Å². The highest BCUT2D eigenvalue weighted by molar-refractivity contribution is 6.33. The van der Waals surface area contributed by atoms with E-state index in [0.29, 0.717) is 17.3 Å². The molecule has 18 heavy (non-hydrogen) atoms. The smallest absolute Gasteiger partial charge is 0.294 e. The van der Waals surface area contributed by atoms with E-state index >= 15 is 0 Å². The van der Waals surface area contributed by atoms with Crippen LogP contribution in [0.15, 0.2) is 18.2 Å². The number of para-hydroxylation sites is 1. The second-order valence-corrected chi connectivity index (χ2v) is 5.41. The first-order valence-corrected chi connectivity index (χ1v) is 6.22. The molecule has 6 heteroatoms. The van der Waals surface area contributed by atoms with Crippen molar-refractivity contribution < 1.29 is 4.92 Å². The van der Waals surface area contributed by atoms with Gasteiger partial charge in [0.15, 0.2) is 0 Å². The van der Waals surface area contributed by atoms with Crippen molar-refractivity contribution in [2.75, 3.05) is 24.5 Å². The van der Waals surface area contributed by atoms with Crippen molar-refractivity contribution in [1.29, 1.82) is 0 Å². The van der Waals surface area contributed by atoms with E-state index in [-0.39, 0.29) is 16.1 Å². The number of halogens is 1. The van der Waals surface area contributed by atoms with Crippen LogP contribution in [-0.2, 0) is 0 Å². The molecule has 0 aromatic heterocycles. The Morgan fingerprint density at radius 3 is 2.83 bits per heavy atom. The molecule has 2 rings (SSSR count). The Morgan fingerprint density at radius 2 is 2.22 bits per heavy atom. The molecule has 0 aliphatic carbocycles. The molecule has 1 aliphatic rings. The van der Waals surface area contributed by atoms with Gasteiger partial charge in [0.25, 0.3) is 5.69 Å². The van der Waals surface area contributed by atoms with E-state index in [1.807, 2.05) is 18.7 Å². The van der Waals surface area contributed by atoms with Crippen LogP contribution in [0.25, 0.3) is 0 Å². The van der Waals surface area contributed by atoms with E-state index in [1.54, 1.807) is 12.1 Å². The van der Waals surface area contributed by atoms with Gasteiger partial charge in [0, 0.05) is 31.2 Å². The zero-order chi connectivity index (χ0) is 13.3. The first-order valence-electron chi connectivity index (χ1n) is 5.85. The molecule has 0 bridgehead atoms. The Bertz CT molecular complexity index is 476. The largest absolute Gasteiger partial charge is 0.357 e. The van der Waals surface area contributed by atoms with E-state index < -0.39 is 0 Å². The number of nitro benzene ring substituents is 1. The maximum Gasteiger partial charge on any atom is 0.294 e. The summed E-state index contributed by atoms with van der Waals surface area (Å²) in [4.78, 5) is 12.8. The quantitative estimate of drug-likeness (QED) is 0.662. The van der Waals surface area contributed by atoms with Crippen LogP contribution in [0, 0.1) is 10.1 Å². The fraction of sp³-hybridized carbons (Fsp3) is 0.500. The van der Waals surface area contributed by atoms with Crippen LogP contribution in [-0.4, -0.2) is 30.1 Å². The van der Waals surface area contributed by atoms with Gasteiger partial charge in [-0.15, -0.1) is 0 Å². The molecule has 0 atom stereocenters. The number of hydrogen-bond acceptors (Lipinski definition) is 4. The van der Waals surface area contributed by atoms with Gasteiger partial charge in [-0.1, -0.05) is 17.7 Å². The fourth-order valence-corrected chi connectivity index (χ4v) is 2.59. The number of nitro groups is 1. The van der Waals surface area contributed by atoms with Crippen LogP contribution in [0.1, 0.15) is 13.8 Å². The lowest BCUT2D eigenvalue weighted by Gasteiger charge is -2.44. The molecule has 0 spiro atoms. The molecule has 0 amide bonds. The molecule has 98 valence electrons. The molecule has 5 nitrogen and oxygen atoms in total. The van der Waals surface area contributed by atoms with E-state index in [0.717, 1.165) is 13.1 Å². The summed E-state index contributed by atoms with van der Waals surface area (Å²) in [5.74, 6) is 0. The molecule has 0 saturated carbocycles. The van der Waals surface area contributed by atoms with Crippen LogP contribution < -0.4 is 10.2 Å². The van der Waals surface area contributed by atoms with Crippen molar-refractivity contribution >= 4 is 23.0 Å². The number of piperazine rings is 1. The van der Waals surface area contributed by atoms with Gasteiger partial charge in [0.1, 0.15) is 5.69 Å². The normalized spacial score (nSPS) is 18.7. The molecule has 1 saturated heterocycles. The maximum atomic E-state index is 11.1. The van der Waals surface area contributed by atoms with Crippen molar-refractivity contribution in [3.05, 3.63) is 33.3 Å². The lowest BCUT2D eigenvalue weighted by Crippen LogP contribution is -2.58. The minimum atomic E-state index is -0.376. The van der Waals surface area contributed by atoms with Crippen LogP contribution >= 0.6 is 11.6 Å². The van der Waals surface area contributed by atoms with Crippen molar-refractivity contribution in [1.82, 2.24) is 5.32 Å². The molecule has 1 heterocycles. The summed E-state index contributed by atoms with van der Waals surface area (Å²) in [5.41, 5.74) is 0.390. The Kier molecular flexibility index (Phi) is 3.45. The van der Waals surface area contributed by atoms with Gasteiger partial charge in [-0.3, -0.25) is 10.1 Å². The SMILES string of the molecule is CC1(C)CNCCN1c1c(Cl)cccc1[N+](=O)[O-]. The highest BCUT2D eigenvalue weighted by Gasteiger charge is 2.34. The number of anilines is 1. The lowest BCUT2D eigenvalue weighted by atomic mass is 9.98. The van der Waals surface area contributed by atoms with Crippen molar-refractivity contribution in [3.8, 4) is 0 Å².